The number of likely N-dealkylation sites (tertiary alicyclic amines) is 1. The van der Waals surface area contributed by atoms with Gasteiger partial charge in [-0.05, 0) is 55.0 Å². The Morgan fingerprint density at radius 1 is 1.16 bits per heavy atom. The highest BCUT2D eigenvalue weighted by Crippen LogP contribution is 2.31. The van der Waals surface area contributed by atoms with Gasteiger partial charge in [0.2, 0.25) is 0 Å². The van der Waals surface area contributed by atoms with Crippen LogP contribution in [0.15, 0.2) is 53.5 Å². The Hall–Kier alpha value is -3.61. The zero-order valence-electron chi connectivity index (χ0n) is 17.4. The molecule has 2 aromatic carbocycles. The Labute approximate surface area is 179 Å². The van der Waals surface area contributed by atoms with Crippen molar-refractivity contribution in [1.29, 1.82) is 0 Å². The first kappa shape index (κ1) is 20.7. The second kappa shape index (κ2) is 8.26. The summed E-state index contributed by atoms with van der Waals surface area (Å²) in [4.78, 5) is 40.6. The number of aromatic nitrogens is 1. The average Bonchev–Trinajstić information content (AvgIpc) is 3.25. The van der Waals surface area contributed by atoms with Crippen LogP contribution in [-0.2, 0) is 9.59 Å². The molecule has 0 spiro atoms. The van der Waals surface area contributed by atoms with Crippen molar-refractivity contribution in [2.75, 3.05) is 13.1 Å². The van der Waals surface area contributed by atoms with Crippen LogP contribution >= 0.6 is 0 Å². The molecule has 0 radical (unpaired) electrons. The molecule has 2 N–H and O–H groups in total. The topological polar surface area (TPSA) is 99.7 Å². The van der Waals surface area contributed by atoms with E-state index in [1.54, 1.807) is 25.3 Å². The number of carbonyl (C=O) groups excluding carboxylic acids is 1. The molecule has 4 rings (SSSR count). The summed E-state index contributed by atoms with van der Waals surface area (Å²) in [5.41, 5.74) is 2.81. The molecule has 1 aromatic heterocycles. The summed E-state index contributed by atoms with van der Waals surface area (Å²) >= 11 is 0. The molecule has 7 nitrogen and oxygen atoms in total. The molecule has 1 aliphatic heterocycles. The molecule has 0 unspecified atom stereocenters. The number of aromatic amines is 1. The third kappa shape index (κ3) is 4.03. The summed E-state index contributed by atoms with van der Waals surface area (Å²) in [5.74, 6) is -1.27. The van der Waals surface area contributed by atoms with E-state index in [1.165, 1.54) is 4.90 Å². The fraction of sp³-hybridized carbons (Fsp3) is 0.292. The number of H-pyrrole nitrogens is 1. The van der Waals surface area contributed by atoms with Gasteiger partial charge in [0.25, 0.3) is 11.5 Å². The van der Waals surface area contributed by atoms with Gasteiger partial charge in [-0.15, -0.1) is 0 Å². The monoisotopic (exact) mass is 420 g/mol. The maximum absolute atomic E-state index is 12.7. The van der Waals surface area contributed by atoms with Crippen molar-refractivity contribution in [3.05, 3.63) is 64.6 Å². The number of pyridine rings is 1. The van der Waals surface area contributed by atoms with Crippen molar-refractivity contribution in [3.8, 4) is 16.9 Å². The lowest BCUT2D eigenvalue weighted by Gasteiger charge is -2.21. The molecule has 0 saturated carbocycles. The lowest BCUT2D eigenvalue weighted by atomic mass is 9.97. The SMILES string of the molecule is Cc1ccccc1-c1c[nH]c(=O)c2cc(O[C@H](C)C(=O)N3CC[C@H](C(=O)O)C3)ccc12. The summed E-state index contributed by atoms with van der Waals surface area (Å²) < 4.78 is 5.83. The number of aryl methyl sites for hydroxylation is 1. The van der Waals surface area contributed by atoms with Crippen molar-refractivity contribution < 1.29 is 19.4 Å². The van der Waals surface area contributed by atoms with Gasteiger partial charge in [0.15, 0.2) is 6.10 Å². The van der Waals surface area contributed by atoms with Gasteiger partial charge in [-0.25, -0.2) is 0 Å². The van der Waals surface area contributed by atoms with Crippen molar-refractivity contribution in [1.82, 2.24) is 9.88 Å². The van der Waals surface area contributed by atoms with E-state index in [4.69, 9.17) is 9.84 Å². The number of aliphatic carboxylic acids is 1. The van der Waals surface area contributed by atoms with Gasteiger partial charge in [0.05, 0.1) is 11.3 Å². The first-order valence-corrected chi connectivity index (χ1v) is 10.2. The first-order chi connectivity index (χ1) is 14.8. The molecule has 2 heterocycles. The predicted molar refractivity (Wildman–Crippen MR) is 117 cm³/mol. The molecular formula is C24H24N2O5. The fourth-order valence-corrected chi connectivity index (χ4v) is 4.08. The zero-order chi connectivity index (χ0) is 22.1. The number of fused-ring (bicyclic) bond motifs is 1. The van der Waals surface area contributed by atoms with Gasteiger partial charge in [0, 0.05) is 24.8 Å². The number of carboxylic acid groups (broad SMARTS) is 1. The molecule has 1 fully saturated rings. The first-order valence-electron chi connectivity index (χ1n) is 10.2. The lowest BCUT2D eigenvalue weighted by Crippen LogP contribution is -2.39. The van der Waals surface area contributed by atoms with Crippen LogP contribution in [0.25, 0.3) is 21.9 Å². The zero-order valence-corrected chi connectivity index (χ0v) is 17.4. The molecule has 160 valence electrons. The molecule has 31 heavy (non-hydrogen) atoms. The Morgan fingerprint density at radius 2 is 1.94 bits per heavy atom. The molecule has 1 amide bonds. The van der Waals surface area contributed by atoms with Crippen LogP contribution in [0.4, 0.5) is 0 Å². The third-order valence-electron chi connectivity index (χ3n) is 5.82. The number of benzene rings is 2. The Kier molecular flexibility index (Phi) is 5.50. The van der Waals surface area contributed by atoms with E-state index in [9.17, 15) is 14.4 Å². The van der Waals surface area contributed by atoms with Crippen LogP contribution in [0.2, 0.25) is 0 Å². The Morgan fingerprint density at radius 3 is 2.65 bits per heavy atom. The third-order valence-corrected chi connectivity index (χ3v) is 5.82. The number of rotatable bonds is 5. The minimum atomic E-state index is -0.887. The highest BCUT2D eigenvalue weighted by Gasteiger charge is 2.33. The molecule has 1 aliphatic rings. The van der Waals surface area contributed by atoms with Crippen LogP contribution in [0.3, 0.4) is 0 Å². The molecule has 0 aliphatic carbocycles. The quantitative estimate of drug-likeness (QED) is 0.660. The van der Waals surface area contributed by atoms with Gasteiger partial charge >= 0.3 is 5.97 Å². The van der Waals surface area contributed by atoms with E-state index >= 15 is 0 Å². The van der Waals surface area contributed by atoms with E-state index in [0.29, 0.717) is 24.1 Å². The smallest absolute Gasteiger partial charge is 0.308 e. The second-order valence-corrected chi connectivity index (χ2v) is 7.92. The van der Waals surface area contributed by atoms with Gasteiger partial charge in [-0.2, -0.15) is 0 Å². The lowest BCUT2D eigenvalue weighted by molar-refractivity contribution is -0.142. The maximum Gasteiger partial charge on any atom is 0.308 e. The highest BCUT2D eigenvalue weighted by molar-refractivity contribution is 5.97. The molecule has 7 heteroatoms. The second-order valence-electron chi connectivity index (χ2n) is 7.92. The van der Waals surface area contributed by atoms with Gasteiger partial charge in [-0.1, -0.05) is 24.3 Å². The summed E-state index contributed by atoms with van der Waals surface area (Å²) in [6.07, 6.45) is 1.37. The predicted octanol–water partition coefficient (Wildman–Crippen LogP) is 3.20. The van der Waals surface area contributed by atoms with Crippen molar-refractivity contribution in [2.24, 2.45) is 5.92 Å². The van der Waals surface area contributed by atoms with E-state index < -0.39 is 18.0 Å². The van der Waals surface area contributed by atoms with Gasteiger partial charge in [0.1, 0.15) is 5.75 Å². The number of ether oxygens (including phenoxy) is 1. The molecule has 0 bridgehead atoms. The number of nitrogens with zero attached hydrogens (tertiary/aromatic N) is 1. The number of carbonyl (C=O) groups is 2. The molecule has 3 aromatic rings. The minimum Gasteiger partial charge on any atom is -0.481 e. The Bertz CT molecular complexity index is 1220. The van der Waals surface area contributed by atoms with Gasteiger partial charge in [-0.3, -0.25) is 14.4 Å². The van der Waals surface area contributed by atoms with E-state index in [2.05, 4.69) is 4.98 Å². The van der Waals surface area contributed by atoms with Crippen molar-refractivity contribution in [3.63, 3.8) is 0 Å². The van der Waals surface area contributed by atoms with Crippen molar-refractivity contribution >= 4 is 22.6 Å². The van der Waals surface area contributed by atoms with Crippen molar-refractivity contribution in [2.45, 2.75) is 26.4 Å². The Balaban J connectivity index is 1.59. The number of amides is 1. The number of carboxylic acids is 1. The largest absolute Gasteiger partial charge is 0.481 e. The number of hydrogen-bond donors (Lipinski definition) is 2. The average molecular weight is 420 g/mol. The normalized spacial score (nSPS) is 17.0. The van der Waals surface area contributed by atoms with Crippen LogP contribution in [0.5, 0.6) is 5.75 Å². The minimum absolute atomic E-state index is 0.193. The van der Waals surface area contributed by atoms with E-state index in [0.717, 1.165) is 22.1 Å². The van der Waals surface area contributed by atoms with Gasteiger partial charge < -0.3 is 19.7 Å². The van der Waals surface area contributed by atoms with E-state index in [-0.39, 0.29) is 18.0 Å². The number of hydrogen-bond acceptors (Lipinski definition) is 4. The summed E-state index contributed by atoms with van der Waals surface area (Å²) in [7, 11) is 0. The molecule has 1 saturated heterocycles. The summed E-state index contributed by atoms with van der Waals surface area (Å²) in [6.45, 7) is 4.25. The standard InChI is InChI=1S/C24H24N2O5/c1-14-5-3-4-6-18(14)21-12-25-22(27)20-11-17(7-8-19(20)21)31-15(2)23(28)26-10-9-16(13-26)24(29)30/h3-8,11-12,15-16H,9-10,13H2,1-2H3,(H,25,27)(H,29,30)/t15-,16+/m1/s1. The van der Waals surface area contributed by atoms with Crippen LogP contribution in [0, 0.1) is 12.8 Å². The van der Waals surface area contributed by atoms with Crippen LogP contribution < -0.4 is 10.3 Å². The summed E-state index contributed by atoms with van der Waals surface area (Å²) in [6, 6.07) is 13.2. The maximum atomic E-state index is 12.7. The molecule has 2 atom stereocenters. The van der Waals surface area contributed by atoms with E-state index in [1.807, 2.05) is 37.3 Å². The fourth-order valence-electron chi connectivity index (χ4n) is 4.08. The number of nitrogens with one attached hydrogen (secondary N) is 1. The van der Waals surface area contributed by atoms with Crippen LogP contribution in [0.1, 0.15) is 18.9 Å². The van der Waals surface area contributed by atoms with Crippen LogP contribution in [-0.4, -0.2) is 46.1 Å². The molecular weight excluding hydrogens is 396 g/mol. The summed E-state index contributed by atoms with van der Waals surface area (Å²) in [5, 5.41) is 10.4. The highest BCUT2D eigenvalue weighted by atomic mass is 16.5.